The highest BCUT2D eigenvalue weighted by molar-refractivity contribution is 6.32. The summed E-state index contributed by atoms with van der Waals surface area (Å²) in [5.74, 6) is 1.37. The average Bonchev–Trinajstić information content (AvgIpc) is 3.04. The van der Waals surface area contributed by atoms with Crippen LogP contribution in [0.5, 0.6) is 11.5 Å². The molecule has 0 saturated heterocycles. The molecule has 0 saturated carbocycles. The van der Waals surface area contributed by atoms with Gasteiger partial charge in [0.15, 0.2) is 0 Å². The van der Waals surface area contributed by atoms with E-state index in [2.05, 4.69) is 0 Å². The molecule has 0 aliphatic rings. The molecule has 0 spiro atoms. The van der Waals surface area contributed by atoms with Crippen LogP contribution in [0.25, 0.3) is 5.69 Å². The van der Waals surface area contributed by atoms with Gasteiger partial charge in [-0.25, -0.2) is 0 Å². The Kier molecular flexibility index (Phi) is 3.95. The maximum Gasteiger partial charge on any atom is 0.146 e. The number of ether oxygens (including phenoxy) is 1. The number of hydrogen-bond donors (Lipinski definition) is 1. The summed E-state index contributed by atoms with van der Waals surface area (Å²) < 4.78 is 7.79. The Hall–Kier alpha value is -2.23. The third kappa shape index (κ3) is 3.10. The molecule has 1 heterocycles. The molecular weight excluding hydrogens is 284 g/mol. The van der Waals surface area contributed by atoms with E-state index in [-0.39, 0.29) is 0 Å². The van der Waals surface area contributed by atoms with E-state index in [1.807, 2.05) is 71.6 Å². The summed E-state index contributed by atoms with van der Waals surface area (Å²) in [6, 6.07) is 17.3. The molecule has 21 heavy (non-hydrogen) atoms. The van der Waals surface area contributed by atoms with Crippen molar-refractivity contribution in [3.63, 3.8) is 0 Å². The Balaban J connectivity index is 1.82. The van der Waals surface area contributed by atoms with Crippen molar-refractivity contribution in [2.24, 2.45) is 5.73 Å². The van der Waals surface area contributed by atoms with E-state index in [1.165, 1.54) is 0 Å². The molecule has 0 fully saturated rings. The molecule has 0 bridgehead atoms. The summed E-state index contributed by atoms with van der Waals surface area (Å²) in [5, 5.41) is 0.573. The largest absolute Gasteiger partial charge is 0.456 e. The molecule has 3 aromatic rings. The second-order valence-electron chi connectivity index (χ2n) is 4.66. The number of nitrogens with zero attached hydrogens (tertiary/aromatic N) is 1. The first-order chi connectivity index (χ1) is 10.3. The summed E-state index contributed by atoms with van der Waals surface area (Å²) >= 11 is 6.30. The van der Waals surface area contributed by atoms with Crippen molar-refractivity contribution in [2.45, 2.75) is 6.54 Å². The Morgan fingerprint density at radius 1 is 1.00 bits per heavy atom. The zero-order valence-corrected chi connectivity index (χ0v) is 12.1. The number of rotatable bonds is 4. The molecule has 2 aromatic carbocycles. The summed E-state index contributed by atoms with van der Waals surface area (Å²) in [6.45, 7) is 0.520. The van der Waals surface area contributed by atoms with Gasteiger partial charge in [0.25, 0.3) is 0 Å². The predicted molar refractivity (Wildman–Crippen MR) is 85.2 cm³/mol. The molecule has 0 amide bonds. The van der Waals surface area contributed by atoms with E-state index >= 15 is 0 Å². The van der Waals surface area contributed by atoms with Crippen LogP contribution in [0.15, 0.2) is 67.0 Å². The number of hydrogen-bond acceptors (Lipinski definition) is 2. The molecule has 0 radical (unpaired) electrons. The van der Waals surface area contributed by atoms with Gasteiger partial charge < -0.3 is 15.0 Å². The Morgan fingerprint density at radius 2 is 1.71 bits per heavy atom. The number of halogens is 1. The minimum absolute atomic E-state index is 0.520. The molecule has 3 rings (SSSR count). The maximum atomic E-state index is 6.30. The van der Waals surface area contributed by atoms with Crippen molar-refractivity contribution in [3.8, 4) is 17.2 Å². The van der Waals surface area contributed by atoms with Gasteiger partial charge in [-0.2, -0.15) is 0 Å². The van der Waals surface area contributed by atoms with Crippen LogP contribution >= 0.6 is 11.6 Å². The lowest BCUT2D eigenvalue weighted by Gasteiger charge is -2.10. The van der Waals surface area contributed by atoms with Crippen molar-refractivity contribution in [1.82, 2.24) is 4.57 Å². The summed E-state index contributed by atoms with van der Waals surface area (Å²) in [4.78, 5) is 0. The molecule has 0 unspecified atom stereocenters. The van der Waals surface area contributed by atoms with Crippen molar-refractivity contribution in [2.75, 3.05) is 0 Å². The number of benzene rings is 2. The van der Waals surface area contributed by atoms with E-state index in [4.69, 9.17) is 22.1 Å². The topological polar surface area (TPSA) is 40.2 Å². The highest BCUT2D eigenvalue weighted by atomic mass is 35.5. The molecule has 0 aliphatic heterocycles. The van der Waals surface area contributed by atoms with Crippen molar-refractivity contribution in [1.29, 1.82) is 0 Å². The van der Waals surface area contributed by atoms with Crippen LogP contribution in [0.3, 0.4) is 0 Å². The Bertz CT molecular complexity index is 721. The average molecular weight is 299 g/mol. The van der Waals surface area contributed by atoms with Crippen LogP contribution in [-0.2, 0) is 6.54 Å². The number of nitrogens with two attached hydrogens (primary N) is 1. The summed E-state index contributed by atoms with van der Waals surface area (Å²) in [6.07, 6.45) is 3.94. The lowest BCUT2D eigenvalue weighted by atomic mass is 10.2. The van der Waals surface area contributed by atoms with Crippen LogP contribution in [0, 0.1) is 0 Å². The zero-order chi connectivity index (χ0) is 14.7. The molecule has 1 aromatic heterocycles. The first-order valence-corrected chi connectivity index (χ1v) is 7.04. The highest BCUT2D eigenvalue weighted by Crippen LogP contribution is 2.31. The quantitative estimate of drug-likeness (QED) is 0.776. The third-order valence-electron chi connectivity index (χ3n) is 3.20. The Labute approximate surface area is 128 Å². The van der Waals surface area contributed by atoms with E-state index < -0.39 is 0 Å². The smallest absolute Gasteiger partial charge is 0.146 e. The van der Waals surface area contributed by atoms with E-state index in [0.29, 0.717) is 17.3 Å². The predicted octanol–water partition coefficient (Wildman–Crippen LogP) is 4.38. The standard InChI is InChI=1S/C17H15ClN2O/c18-16-11-14(20-9-1-2-10-20)5-8-17(16)21-15-6-3-13(12-19)4-7-15/h1-11H,12,19H2. The van der Waals surface area contributed by atoms with Gasteiger partial charge in [0.2, 0.25) is 0 Å². The Morgan fingerprint density at radius 3 is 2.33 bits per heavy atom. The van der Waals surface area contributed by atoms with Gasteiger partial charge in [-0.05, 0) is 48.0 Å². The summed E-state index contributed by atoms with van der Waals surface area (Å²) in [7, 11) is 0. The minimum Gasteiger partial charge on any atom is -0.456 e. The zero-order valence-electron chi connectivity index (χ0n) is 11.4. The van der Waals surface area contributed by atoms with Crippen LogP contribution in [0.2, 0.25) is 5.02 Å². The first kappa shape index (κ1) is 13.7. The fraction of sp³-hybridized carbons (Fsp3) is 0.0588. The molecular formula is C17H15ClN2O. The lowest BCUT2D eigenvalue weighted by molar-refractivity contribution is 0.482. The fourth-order valence-electron chi connectivity index (χ4n) is 2.06. The second kappa shape index (κ2) is 6.04. The monoisotopic (exact) mass is 298 g/mol. The van der Waals surface area contributed by atoms with E-state index in [0.717, 1.165) is 17.0 Å². The highest BCUT2D eigenvalue weighted by Gasteiger charge is 2.05. The van der Waals surface area contributed by atoms with Gasteiger partial charge in [0, 0.05) is 24.6 Å². The van der Waals surface area contributed by atoms with Crippen LogP contribution in [0.4, 0.5) is 0 Å². The van der Waals surface area contributed by atoms with Gasteiger partial charge in [0.05, 0.1) is 5.02 Å². The van der Waals surface area contributed by atoms with Crippen molar-refractivity contribution < 1.29 is 4.74 Å². The minimum atomic E-state index is 0.520. The second-order valence-corrected chi connectivity index (χ2v) is 5.06. The molecule has 106 valence electrons. The van der Waals surface area contributed by atoms with Gasteiger partial charge >= 0.3 is 0 Å². The van der Waals surface area contributed by atoms with Gasteiger partial charge in [-0.3, -0.25) is 0 Å². The molecule has 0 atom stereocenters. The molecule has 4 heteroatoms. The summed E-state index contributed by atoms with van der Waals surface area (Å²) in [5.41, 5.74) is 7.64. The van der Waals surface area contributed by atoms with Gasteiger partial charge in [0.1, 0.15) is 11.5 Å². The first-order valence-electron chi connectivity index (χ1n) is 6.66. The maximum absolute atomic E-state index is 6.30. The third-order valence-corrected chi connectivity index (χ3v) is 3.50. The van der Waals surface area contributed by atoms with Gasteiger partial charge in [-0.1, -0.05) is 23.7 Å². The number of aromatic nitrogens is 1. The van der Waals surface area contributed by atoms with Crippen LogP contribution in [-0.4, -0.2) is 4.57 Å². The van der Waals surface area contributed by atoms with Crippen LogP contribution < -0.4 is 10.5 Å². The fourth-order valence-corrected chi connectivity index (χ4v) is 2.27. The van der Waals surface area contributed by atoms with Gasteiger partial charge in [-0.15, -0.1) is 0 Å². The van der Waals surface area contributed by atoms with Crippen molar-refractivity contribution in [3.05, 3.63) is 77.6 Å². The molecule has 3 nitrogen and oxygen atoms in total. The van der Waals surface area contributed by atoms with E-state index in [1.54, 1.807) is 0 Å². The van der Waals surface area contributed by atoms with Crippen LogP contribution in [0.1, 0.15) is 5.56 Å². The lowest BCUT2D eigenvalue weighted by Crippen LogP contribution is -1.95. The SMILES string of the molecule is NCc1ccc(Oc2ccc(-n3cccc3)cc2Cl)cc1. The molecule has 2 N–H and O–H groups in total. The normalized spacial score (nSPS) is 10.6. The molecule has 0 aliphatic carbocycles. The van der Waals surface area contributed by atoms with E-state index in [9.17, 15) is 0 Å². The van der Waals surface area contributed by atoms with Crippen molar-refractivity contribution >= 4 is 11.6 Å².